The van der Waals surface area contributed by atoms with Gasteiger partial charge in [-0.1, -0.05) is 12.1 Å². The number of benzene rings is 2. The topological polar surface area (TPSA) is 91.7 Å². The Labute approximate surface area is 208 Å². The minimum atomic E-state index is -4.82. The van der Waals surface area contributed by atoms with Gasteiger partial charge in [0, 0.05) is 30.3 Å². The van der Waals surface area contributed by atoms with Crippen LogP contribution in [-0.4, -0.2) is 34.1 Å². The van der Waals surface area contributed by atoms with E-state index in [0.29, 0.717) is 31.9 Å². The molecule has 4 aromatic rings. The predicted octanol–water partition coefficient (Wildman–Crippen LogP) is 5.45. The third-order valence-corrected chi connectivity index (χ3v) is 6.29. The number of halogens is 5. The Hall–Kier alpha value is -4.17. The highest BCUT2D eigenvalue weighted by atomic mass is 19.4. The molecule has 1 saturated heterocycles. The first-order valence-electron chi connectivity index (χ1n) is 11.4. The summed E-state index contributed by atoms with van der Waals surface area (Å²) < 4.78 is 70.2. The lowest BCUT2D eigenvalue weighted by molar-refractivity contribution is -0.137. The fourth-order valence-corrected chi connectivity index (χ4v) is 4.36. The molecule has 188 valence electrons. The number of anilines is 1. The average molecular weight is 510 g/mol. The average Bonchev–Trinajstić information content (AvgIpc) is 2.87. The van der Waals surface area contributed by atoms with Gasteiger partial charge in [0.1, 0.15) is 28.9 Å². The van der Waals surface area contributed by atoms with Crippen LogP contribution in [0.3, 0.4) is 0 Å². The second-order valence-electron chi connectivity index (χ2n) is 8.73. The van der Waals surface area contributed by atoms with E-state index < -0.39 is 28.9 Å². The molecule has 0 spiro atoms. The molecule has 3 heterocycles. The number of aromatic nitrogens is 3. The highest BCUT2D eigenvalue weighted by Gasteiger charge is 2.35. The molecule has 2 N–H and O–H groups in total. The summed E-state index contributed by atoms with van der Waals surface area (Å²) in [6, 6.07) is 11.0. The Balaban J connectivity index is 1.74. The van der Waals surface area contributed by atoms with Crippen molar-refractivity contribution in [2.75, 3.05) is 18.0 Å². The number of fused-ring (bicyclic) bond motifs is 1. The van der Waals surface area contributed by atoms with Gasteiger partial charge in [0.15, 0.2) is 0 Å². The third kappa shape index (κ3) is 4.68. The van der Waals surface area contributed by atoms with Crippen molar-refractivity contribution in [1.82, 2.24) is 15.0 Å². The Kier molecular flexibility index (Phi) is 6.21. The van der Waals surface area contributed by atoms with E-state index in [0.717, 1.165) is 24.3 Å². The largest absolute Gasteiger partial charge is 0.417 e. The van der Waals surface area contributed by atoms with Crippen molar-refractivity contribution in [3.05, 3.63) is 71.3 Å². The second-order valence-corrected chi connectivity index (χ2v) is 8.73. The molecule has 0 amide bonds. The molecule has 6 nitrogen and oxygen atoms in total. The van der Waals surface area contributed by atoms with Gasteiger partial charge in [-0.25, -0.2) is 23.7 Å². The summed E-state index contributed by atoms with van der Waals surface area (Å²) >= 11 is 0. The van der Waals surface area contributed by atoms with Crippen LogP contribution in [0.1, 0.15) is 24.0 Å². The van der Waals surface area contributed by atoms with Gasteiger partial charge in [-0.05, 0) is 49.2 Å². The summed E-state index contributed by atoms with van der Waals surface area (Å²) in [5, 5.41) is 9.10. The van der Waals surface area contributed by atoms with Crippen molar-refractivity contribution in [3.63, 3.8) is 0 Å². The summed E-state index contributed by atoms with van der Waals surface area (Å²) in [6.45, 7) is 1.17. The smallest absolute Gasteiger partial charge is 0.341 e. The molecule has 11 heteroatoms. The molecular formula is C26H19F5N6. The number of nitrogens with two attached hydrogens (primary N) is 1. The Bertz CT molecular complexity index is 1540. The van der Waals surface area contributed by atoms with Crippen molar-refractivity contribution < 1.29 is 22.0 Å². The summed E-state index contributed by atoms with van der Waals surface area (Å²) in [6.07, 6.45) is -3.39. The maximum Gasteiger partial charge on any atom is 0.417 e. The fraction of sp³-hybridized carbons (Fsp3) is 0.231. The van der Waals surface area contributed by atoms with E-state index in [2.05, 4.69) is 15.0 Å². The lowest BCUT2D eigenvalue weighted by Crippen LogP contribution is -2.40. The van der Waals surface area contributed by atoms with Crippen LogP contribution in [0, 0.1) is 23.0 Å². The van der Waals surface area contributed by atoms with Crippen molar-refractivity contribution in [1.29, 1.82) is 5.26 Å². The number of hydrogen-bond donors (Lipinski definition) is 1. The maximum atomic E-state index is 14.7. The van der Waals surface area contributed by atoms with Gasteiger partial charge in [-0.2, -0.15) is 18.4 Å². The van der Waals surface area contributed by atoms with Gasteiger partial charge < -0.3 is 10.6 Å². The summed E-state index contributed by atoms with van der Waals surface area (Å²) in [5.74, 6) is -1.55. The van der Waals surface area contributed by atoms with Crippen molar-refractivity contribution in [2.24, 2.45) is 5.73 Å². The van der Waals surface area contributed by atoms with Crippen LogP contribution in [0.5, 0.6) is 0 Å². The lowest BCUT2D eigenvalue weighted by Gasteiger charge is -2.30. The molecule has 1 fully saturated rings. The van der Waals surface area contributed by atoms with Crippen LogP contribution in [0.4, 0.5) is 27.9 Å². The Morgan fingerprint density at radius 3 is 2.38 bits per heavy atom. The summed E-state index contributed by atoms with van der Waals surface area (Å²) in [5.41, 5.74) is 4.41. The predicted molar refractivity (Wildman–Crippen MR) is 127 cm³/mol. The van der Waals surface area contributed by atoms with E-state index in [1.165, 1.54) is 24.3 Å². The SMILES string of the molecule is N#Cc1ccc(-c2nc(N3CCC(N)CC3)nc3ccc(-c4c(F)cccc4C(F)(F)F)nc23)cc1F. The molecular weight excluding hydrogens is 491 g/mol. The number of rotatable bonds is 3. The molecule has 1 aliphatic heterocycles. The van der Waals surface area contributed by atoms with E-state index in [1.807, 2.05) is 4.90 Å². The molecule has 2 aromatic carbocycles. The molecule has 0 radical (unpaired) electrons. The molecule has 1 aliphatic rings. The lowest BCUT2D eigenvalue weighted by atomic mass is 10.0. The van der Waals surface area contributed by atoms with Crippen LogP contribution in [0.2, 0.25) is 0 Å². The first-order chi connectivity index (χ1) is 17.7. The number of piperidine rings is 1. The van der Waals surface area contributed by atoms with E-state index >= 15 is 0 Å². The minimum absolute atomic E-state index is 0.0524. The molecule has 0 saturated carbocycles. The van der Waals surface area contributed by atoms with Gasteiger partial charge in [0.25, 0.3) is 0 Å². The van der Waals surface area contributed by atoms with E-state index in [-0.39, 0.29) is 39.6 Å². The first-order valence-corrected chi connectivity index (χ1v) is 11.4. The number of alkyl halides is 3. The van der Waals surface area contributed by atoms with Gasteiger partial charge in [0.2, 0.25) is 5.95 Å². The van der Waals surface area contributed by atoms with Crippen LogP contribution < -0.4 is 10.6 Å². The third-order valence-electron chi connectivity index (χ3n) is 6.29. The highest BCUT2D eigenvalue weighted by molar-refractivity contribution is 5.92. The molecule has 0 bridgehead atoms. The van der Waals surface area contributed by atoms with Crippen molar-refractivity contribution >= 4 is 17.0 Å². The molecule has 0 atom stereocenters. The first kappa shape index (κ1) is 24.5. The molecule has 37 heavy (non-hydrogen) atoms. The van der Waals surface area contributed by atoms with Gasteiger partial charge in [-0.3, -0.25) is 0 Å². The number of pyridine rings is 1. The zero-order valence-corrected chi connectivity index (χ0v) is 19.2. The van der Waals surface area contributed by atoms with E-state index in [1.54, 1.807) is 6.07 Å². The standard InChI is InChI=1S/C26H19F5N6/c27-18-3-1-2-17(26(29,30)31)22(18)20-6-7-21-24(34-20)23(14-4-5-15(13-32)19(28)12-14)36-25(35-21)37-10-8-16(33)9-11-37/h1-7,12,16H,8-11,33H2. The zero-order chi connectivity index (χ0) is 26.3. The Morgan fingerprint density at radius 1 is 0.946 bits per heavy atom. The number of nitrogens with zero attached hydrogens (tertiary/aromatic N) is 5. The van der Waals surface area contributed by atoms with Gasteiger partial charge in [0.05, 0.1) is 22.3 Å². The van der Waals surface area contributed by atoms with Crippen LogP contribution >= 0.6 is 0 Å². The normalized spacial score (nSPS) is 14.7. The van der Waals surface area contributed by atoms with E-state index in [9.17, 15) is 22.0 Å². The zero-order valence-electron chi connectivity index (χ0n) is 19.2. The highest BCUT2D eigenvalue weighted by Crippen LogP contribution is 2.39. The van der Waals surface area contributed by atoms with Gasteiger partial charge >= 0.3 is 6.18 Å². The molecule has 0 aliphatic carbocycles. The fourth-order valence-electron chi connectivity index (χ4n) is 4.36. The number of hydrogen-bond acceptors (Lipinski definition) is 6. The Morgan fingerprint density at radius 2 is 1.70 bits per heavy atom. The van der Waals surface area contributed by atoms with E-state index in [4.69, 9.17) is 11.0 Å². The van der Waals surface area contributed by atoms with Crippen molar-refractivity contribution in [2.45, 2.75) is 25.1 Å². The van der Waals surface area contributed by atoms with Crippen molar-refractivity contribution in [3.8, 4) is 28.6 Å². The maximum absolute atomic E-state index is 14.7. The summed E-state index contributed by atoms with van der Waals surface area (Å²) in [4.78, 5) is 15.4. The molecule has 0 unspecified atom stereocenters. The monoisotopic (exact) mass is 510 g/mol. The molecule has 5 rings (SSSR count). The molecule has 2 aromatic heterocycles. The summed E-state index contributed by atoms with van der Waals surface area (Å²) in [7, 11) is 0. The minimum Gasteiger partial charge on any atom is -0.341 e. The van der Waals surface area contributed by atoms with Gasteiger partial charge in [-0.15, -0.1) is 0 Å². The van der Waals surface area contributed by atoms with Crippen LogP contribution in [-0.2, 0) is 6.18 Å². The van der Waals surface area contributed by atoms with Crippen LogP contribution in [0.15, 0.2) is 48.5 Å². The number of nitriles is 1. The van der Waals surface area contributed by atoms with Crippen LogP contribution in [0.25, 0.3) is 33.5 Å². The second kappa shape index (κ2) is 9.37. The quantitative estimate of drug-likeness (QED) is 0.369.